The van der Waals surface area contributed by atoms with Crippen molar-refractivity contribution >= 4 is 29.1 Å². The summed E-state index contributed by atoms with van der Waals surface area (Å²) in [5.74, 6) is -0.829. The van der Waals surface area contributed by atoms with Crippen molar-refractivity contribution in [3.05, 3.63) is 47.5 Å². The van der Waals surface area contributed by atoms with E-state index in [0.29, 0.717) is 35.6 Å². The molecule has 34 heavy (non-hydrogen) atoms. The predicted octanol–water partition coefficient (Wildman–Crippen LogP) is 1.97. The monoisotopic (exact) mass is 471 g/mol. The zero-order valence-corrected chi connectivity index (χ0v) is 20.0. The van der Waals surface area contributed by atoms with Crippen LogP contribution in [0.3, 0.4) is 0 Å². The van der Waals surface area contributed by atoms with E-state index in [2.05, 4.69) is 21.3 Å². The Labute approximate surface area is 199 Å². The molecule has 10 heteroatoms. The van der Waals surface area contributed by atoms with Gasteiger partial charge in [0.05, 0.1) is 25.3 Å². The van der Waals surface area contributed by atoms with Crippen LogP contribution in [0.2, 0.25) is 0 Å². The highest BCUT2D eigenvalue weighted by atomic mass is 16.5. The number of hydrogen-bond donors (Lipinski definition) is 5. The zero-order valence-electron chi connectivity index (χ0n) is 20.0. The third kappa shape index (κ3) is 7.11. The van der Waals surface area contributed by atoms with Gasteiger partial charge in [-0.1, -0.05) is 0 Å². The fraction of sp³-hybridized carbons (Fsp3) is 0.375. The van der Waals surface area contributed by atoms with Crippen LogP contribution in [0.25, 0.3) is 0 Å². The van der Waals surface area contributed by atoms with Gasteiger partial charge in [-0.15, -0.1) is 0 Å². The zero-order chi connectivity index (χ0) is 25.1. The Kier molecular flexibility index (Phi) is 10.2. The summed E-state index contributed by atoms with van der Waals surface area (Å²) in [5.41, 5.74) is 6.96. The van der Waals surface area contributed by atoms with Crippen molar-refractivity contribution < 1.29 is 23.9 Å². The van der Waals surface area contributed by atoms with Crippen molar-refractivity contribution in [3.63, 3.8) is 0 Å². The number of ether oxygens (including phenoxy) is 2. The number of nitrogens with two attached hydrogens (primary N) is 1. The molecule has 6 N–H and O–H groups in total. The lowest BCUT2D eigenvalue weighted by Gasteiger charge is -2.20. The van der Waals surface area contributed by atoms with Gasteiger partial charge < -0.3 is 36.5 Å². The second-order valence-electron chi connectivity index (χ2n) is 7.56. The number of nitrogens with one attached hydrogen (secondary N) is 4. The summed E-state index contributed by atoms with van der Waals surface area (Å²) >= 11 is 0. The van der Waals surface area contributed by atoms with E-state index in [-0.39, 0.29) is 5.56 Å². The Hall–Kier alpha value is -3.79. The Morgan fingerprint density at radius 2 is 1.53 bits per heavy atom. The van der Waals surface area contributed by atoms with Gasteiger partial charge in [-0.05, 0) is 69.3 Å². The molecular weight excluding hydrogens is 438 g/mol. The van der Waals surface area contributed by atoms with Gasteiger partial charge in [-0.2, -0.15) is 0 Å². The van der Waals surface area contributed by atoms with Crippen LogP contribution < -0.4 is 36.5 Å². The van der Waals surface area contributed by atoms with Gasteiger partial charge in [-0.3, -0.25) is 14.4 Å². The molecule has 0 radical (unpaired) electrons. The Morgan fingerprint density at radius 1 is 0.912 bits per heavy atom. The highest BCUT2D eigenvalue weighted by Gasteiger charge is 2.24. The van der Waals surface area contributed by atoms with Crippen LogP contribution in [0, 0.1) is 0 Å². The summed E-state index contributed by atoms with van der Waals surface area (Å²) < 4.78 is 10.5. The Bertz CT molecular complexity index is 1010. The fourth-order valence-corrected chi connectivity index (χ4v) is 3.40. The van der Waals surface area contributed by atoms with E-state index < -0.39 is 23.8 Å². The second kappa shape index (κ2) is 13.0. The molecule has 0 aliphatic carbocycles. The summed E-state index contributed by atoms with van der Waals surface area (Å²) in [6, 6.07) is 8.91. The number of rotatable bonds is 13. The first-order valence-corrected chi connectivity index (χ1v) is 10.9. The van der Waals surface area contributed by atoms with Gasteiger partial charge in [0.15, 0.2) is 0 Å². The molecule has 1 atom stereocenters. The van der Waals surface area contributed by atoms with Crippen LogP contribution >= 0.6 is 0 Å². The van der Waals surface area contributed by atoms with Crippen molar-refractivity contribution in [2.24, 2.45) is 5.73 Å². The lowest BCUT2D eigenvalue weighted by Crippen LogP contribution is -2.44. The van der Waals surface area contributed by atoms with E-state index in [1.807, 2.05) is 7.05 Å². The maximum Gasteiger partial charge on any atom is 0.255 e. The molecule has 2 aromatic rings. The first-order chi connectivity index (χ1) is 16.3. The third-order valence-corrected chi connectivity index (χ3v) is 5.26. The fourth-order valence-electron chi connectivity index (χ4n) is 3.40. The molecule has 10 nitrogen and oxygen atoms in total. The van der Waals surface area contributed by atoms with E-state index in [1.165, 1.54) is 20.3 Å². The van der Waals surface area contributed by atoms with E-state index in [0.717, 1.165) is 18.7 Å². The number of anilines is 2. The Morgan fingerprint density at radius 3 is 2.12 bits per heavy atom. The van der Waals surface area contributed by atoms with Crippen molar-refractivity contribution in [1.82, 2.24) is 10.6 Å². The van der Waals surface area contributed by atoms with Crippen LogP contribution in [0.4, 0.5) is 11.4 Å². The molecule has 0 bridgehead atoms. The number of carbonyl (C=O) groups is 3. The summed E-state index contributed by atoms with van der Waals surface area (Å²) in [6.07, 6.45) is 1.97. The largest absolute Gasteiger partial charge is 0.496 e. The molecule has 2 rings (SSSR count). The number of unbranched alkanes of at least 4 members (excludes halogenated alkanes) is 1. The summed E-state index contributed by atoms with van der Waals surface area (Å²) in [4.78, 5) is 37.9. The first kappa shape index (κ1) is 26.5. The summed E-state index contributed by atoms with van der Waals surface area (Å²) in [5, 5.41) is 11.6. The molecule has 0 aliphatic heterocycles. The van der Waals surface area contributed by atoms with Crippen molar-refractivity contribution in [2.45, 2.75) is 25.3 Å². The van der Waals surface area contributed by atoms with E-state index in [4.69, 9.17) is 15.2 Å². The van der Waals surface area contributed by atoms with Crippen LogP contribution in [-0.4, -0.2) is 58.6 Å². The maximum absolute atomic E-state index is 13.1. The van der Waals surface area contributed by atoms with Crippen molar-refractivity contribution in [2.75, 3.05) is 45.5 Å². The minimum atomic E-state index is -0.813. The number of amides is 3. The molecule has 0 saturated carbocycles. The maximum atomic E-state index is 13.1. The normalized spacial score (nSPS) is 11.3. The van der Waals surface area contributed by atoms with Crippen LogP contribution in [0.5, 0.6) is 11.5 Å². The molecule has 3 amide bonds. The average Bonchev–Trinajstić information content (AvgIpc) is 2.85. The molecule has 184 valence electrons. The number of hydrogen-bond acceptors (Lipinski definition) is 7. The SMILES string of the molecule is CNCCCCC(NC(=O)c1cc(NC)ccc1OC)C(=O)Nc1ccc(OC)c(C(N)=O)c1. The Balaban J connectivity index is 2.25. The van der Waals surface area contributed by atoms with Gasteiger partial charge in [0, 0.05) is 18.4 Å². The predicted molar refractivity (Wildman–Crippen MR) is 132 cm³/mol. The van der Waals surface area contributed by atoms with Gasteiger partial charge in [0.1, 0.15) is 17.5 Å². The van der Waals surface area contributed by atoms with E-state index >= 15 is 0 Å². The molecule has 0 heterocycles. The minimum Gasteiger partial charge on any atom is -0.496 e. The average molecular weight is 472 g/mol. The van der Waals surface area contributed by atoms with Crippen molar-refractivity contribution in [3.8, 4) is 11.5 Å². The minimum absolute atomic E-state index is 0.142. The van der Waals surface area contributed by atoms with Crippen molar-refractivity contribution in [1.29, 1.82) is 0 Å². The molecule has 0 fully saturated rings. The summed E-state index contributed by atoms with van der Waals surface area (Å²) in [7, 11) is 6.50. The topological polar surface area (TPSA) is 144 Å². The van der Waals surface area contributed by atoms with E-state index in [9.17, 15) is 14.4 Å². The van der Waals surface area contributed by atoms with Crippen LogP contribution in [0.15, 0.2) is 36.4 Å². The lowest BCUT2D eigenvalue weighted by molar-refractivity contribution is -0.118. The van der Waals surface area contributed by atoms with Crippen LogP contribution in [0.1, 0.15) is 40.0 Å². The first-order valence-electron chi connectivity index (χ1n) is 10.9. The quantitative estimate of drug-likeness (QED) is 0.281. The third-order valence-electron chi connectivity index (χ3n) is 5.26. The number of benzene rings is 2. The number of primary amides is 1. The van der Waals surface area contributed by atoms with Gasteiger partial charge in [0.2, 0.25) is 5.91 Å². The molecule has 0 aromatic heterocycles. The van der Waals surface area contributed by atoms with E-state index in [1.54, 1.807) is 37.4 Å². The molecule has 0 spiro atoms. The number of methoxy groups -OCH3 is 2. The van der Waals surface area contributed by atoms with Gasteiger partial charge >= 0.3 is 0 Å². The van der Waals surface area contributed by atoms with Gasteiger partial charge in [-0.25, -0.2) is 0 Å². The smallest absolute Gasteiger partial charge is 0.255 e. The standard InChI is InChI=1S/C24H33N5O5/c1-26-12-6-5-7-19(29-23(31)18-13-15(27-2)8-10-21(18)34-4)24(32)28-16-9-11-20(33-3)17(14-16)22(25)30/h8-11,13-14,19,26-27H,5-7,12H2,1-4H3,(H2,25,30)(H,28,32)(H,29,31). The highest BCUT2D eigenvalue weighted by Crippen LogP contribution is 2.24. The van der Waals surface area contributed by atoms with Gasteiger partial charge in [0.25, 0.3) is 11.8 Å². The molecule has 0 saturated heterocycles. The molecule has 2 aromatic carbocycles. The van der Waals surface area contributed by atoms with Crippen LogP contribution in [-0.2, 0) is 4.79 Å². The molecule has 1 unspecified atom stereocenters. The molecular formula is C24H33N5O5. The molecule has 0 aliphatic rings. The lowest BCUT2D eigenvalue weighted by atomic mass is 10.1. The number of carbonyl (C=O) groups excluding carboxylic acids is 3. The second-order valence-corrected chi connectivity index (χ2v) is 7.56. The summed E-state index contributed by atoms with van der Waals surface area (Å²) in [6.45, 7) is 0.792. The highest BCUT2D eigenvalue weighted by molar-refractivity contribution is 6.03.